The fraction of sp³-hybridized carbons (Fsp3) is 0.273. The Hall–Kier alpha value is -3.46. The molecule has 0 atom stereocenters. The average Bonchev–Trinajstić information content (AvgIpc) is 3.46. The number of benzene rings is 1. The molecule has 0 fully saturated rings. The second-order valence-electron chi connectivity index (χ2n) is 6.73. The third-order valence-electron chi connectivity index (χ3n) is 4.70. The van der Waals surface area contributed by atoms with E-state index in [0.717, 1.165) is 10.4 Å². The molecule has 3 heterocycles. The summed E-state index contributed by atoms with van der Waals surface area (Å²) >= 11 is 1.32. The van der Waals surface area contributed by atoms with Gasteiger partial charge in [0.2, 0.25) is 6.79 Å². The zero-order valence-electron chi connectivity index (χ0n) is 17.3. The van der Waals surface area contributed by atoms with Crippen molar-refractivity contribution in [2.45, 2.75) is 27.4 Å². The van der Waals surface area contributed by atoms with Gasteiger partial charge in [0.05, 0.1) is 12.2 Å². The molecule has 0 radical (unpaired) electrons. The van der Waals surface area contributed by atoms with E-state index < -0.39 is 11.9 Å². The van der Waals surface area contributed by atoms with Crippen LogP contribution in [0.15, 0.2) is 34.7 Å². The Morgan fingerprint density at radius 1 is 1.13 bits per heavy atom. The number of carbonyl (C=O) groups is 2. The van der Waals surface area contributed by atoms with Gasteiger partial charge in [-0.25, -0.2) is 4.79 Å². The number of hydrogen-bond acceptors (Lipinski definition) is 8. The molecular formula is C22H21NO7S. The molecule has 4 rings (SSSR count). The van der Waals surface area contributed by atoms with Crippen molar-refractivity contribution in [3.63, 3.8) is 0 Å². The molecule has 162 valence electrons. The molecule has 1 amide bonds. The number of carbonyl (C=O) groups excluding carboxylic acids is 2. The lowest BCUT2D eigenvalue weighted by Gasteiger charge is -2.06. The minimum atomic E-state index is -0.461. The highest BCUT2D eigenvalue weighted by Gasteiger charge is 2.23. The first-order chi connectivity index (χ1) is 15.0. The maximum atomic E-state index is 12.7. The van der Waals surface area contributed by atoms with Crippen molar-refractivity contribution in [3.8, 4) is 17.2 Å². The third-order valence-corrected chi connectivity index (χ3v) is 5.83. The number of rotatable bonds is 7. The quantitative estimate of drug-likeness (QED) is 0.529. The summed E-state index contributed by atoms with van der Waals surface area (Å²) in [5.74, 6) is 1.56. The van der Waals surface area contributed by atoms with Crippen LogP contribution in [-0.2, 0) is 11.3 Å². The normalized spacial score (nSPS) is 12.0. The Kier molecular flexibility index (Phi) is 5.85. The summed E-state index contributed by atoms with van der Waals surface area (Å²) in [4.78, 5) is 25.9. The number of nitrogens with one attached hydrogen (secondary N) is 1. The first kappa shape index (κ1) is 20.8. The number of fused-ring (bicyclic) bond motifs is 1. The molecule has 3 aromatic rings. The van der Waals surface area contributed by atoms with Crippen LogP contribution in [0.2, 0.25) is 0 Å². The number of furan rings is 1. The molecule has 8 nitrogen and oxygen atoms in total. The predicted molar refractivity (Wildman–Crippen MR) is 113 cm³/mol. The molecule has 1 aliphatic heterocycles. The summed E-state index contributed by atoms with van der Waals surface area (Å²) in [7, 11) is 0. The Morgan fingerprint density at radius 2 is 1.94 bits per heavy atom. The lowest BCUT2D eigenvalue weighted by molar-refractivity contribution is 0.0527. The van der Waals surface area contributed by atoms with E-state index in [1.165, 1.54) is 11.3 Å². The van der Waals surface area contributed by atoms with E-state index >= 15 is 0 Å². The van der Waals surface area contributed by atoms with Gasteiger partial charge in [0.15, 0.2) is 17.3 Å². The van der Waals surface area contributed by atoms with Gasteiger partial charge in [0, 0.05) is 10.9 Å². The van der Waals surface area contributed by atoms with Crippen LogP contribution >= 0.6 is 11.3 Å². The van der Waals surface area contributed by atoms with Gasteiger partial charge in [0.1, 0.15) is 23.1 Å². The smallest absolute Gasteiger partial charge is 0.341 e. The second kappa shape index (κ2) is 8.73. The zero-order valence-corrected chi connectivity index (χ0v) is 18.1. The highest BCUT2D eigenvalue weighted by Crippen LogP contribution is 2.35. The fourth-order valence-electron chi connectivity index (χ4n) is 3.03. The Morgan fingerprint density at radius 3 is 2.74 bits per heavy atom. The predicted octanol–water partition coefficient (Wildman–Crippen LogP) is 4.69. The van der Waals surface area contributed by atoms with Crippen molar-refractivity contribution < 1.29 is 33.0 Å². The van der Waals surface area contributed by atoms with Crippen molar-refractivity contribution >= 4 is 28.2 Å². The van der Waals surface area contributed by atoms with Gasteiger partial charge in [-0.2, -0.15) is 0 Å². The van der Waals surface area contributed by atoms with Crippen molar-refractivity contribution in [2.24, 2.45) is 0 Å². The molecule has 1 aromatic carbocycles. The van der Waals surface area contributed by atoms with Gasteiger partial charge >= 0.3 is 5.97 Å². The van der Waals surface area contributed by atoms with Crippen LogP contribution in [0.4, 0.5) is 5.00 Å². The van der Waals surface area contributed by atoms with Crippen LogP contribution in [0.3, 0.4) is 0 Å². The van der Waals surface area contributed by atoms with E-state index in [0.29, 0.717) is 33.6 Å². The van der Waals surface area contributed by atoms with Gasteiger partial charge in [-0.15, -0.1) is 11.3 Å². The zero-order chi connectivity index (χ0) is 22.0. The van der Waals surface area contributed by atoms with E-state index in [1.54, 1.807) is 37.3 Å². The van der Waals surface area contributed by atoms with Crippen LogP contribution in [0.5, 0.6) is 17.2 Å². The second-order valence-corrected chi connectivity index (χ2v) is 7.96. The standard InChI is InChI=1S/C22H21NO7S/c1-4-26-22(25)19-12(2)13(3)31-21(19)23-20(24)17-8-6-15(30-17)10-27-14-5-7-16-18(9-14)29-11-28-16/h5-9H,4,10-11H2,1-3H3,(H,23,24). The van der Waals surface area contributed by atoms with Crippen molar-refractivity contribution in [2.75, 3.05) is 18.7 Å². The molecule has 1 N–H and O–H groups in total. The number of thiophene rings is 1. The lowest BCUT2D eigenvalue weighted by atomic mass is 10.1. The molecule has 0 saturated heterocycles. The van der Waals surface area contributed by atoms with Crippen LogP contribution in [0, 0.1) is 13.8 Å². The molecule has 0 unspecified atom stereocenters. The number of esters is 1. The number of ether oxygens (including phenoxy) is 4. The highest BCUT2D eigenvalue weighted by atomic mass is 32.1. The molecule has 0 saturated carbocycles. The van der Waals surface area contributed by atoms with Crippen LogP contribution in [0.25, 0.3) is 0 Å². The number of amides is 1. The number of aryl methyl sites for hydroxylation is 1. The largest absolute Gasteiger partial charge is 0.486 e. The molecule has 0 aliphatic carbocycles. The summed E-state index contributed by atoms with van der Waals surface area (Å²) in [5.41, 5.74) is 1.16. The van der Waals surface area contributed by atoms with E-state index in [-0.39, 0.29) is 25.8 Å². The van der Waals surface area contributed by atoms with Gasteiger partial charge in [-0.05, 0) is 50.6 Å². The van der Waals surface area contributed by atoms with Crippen LogP contribution < -0.4 is 19.5 Å². The van der Waals surface area contributed by atoms with E-state index in [9.17, 15) is 9.59 Å². The fourth-order valence-corrected chi connectivity index (χ4v) is 4.07. The molecule has 31 heavy (non-hydrogen) atoms. The minimum absolute atomic E-state index is 0.114. The molecule has 0 spiro atoms. The monoisotopic (exact) mass is 443 g/mol. The molecule has 2 aromatic heterocycles. The SMILES string of the molecule is CCOC(=O)c1c(NC(=O)c2ccc(COc3ccc4c(c3)OCO4)o2)sc(C)c1C. The van der Waals surface area contributed by atoms with Crippen molar-refractivity contribution in [1.82, 2.24) is 0 Å². The van der Waals surface area contributed by atoms with Crippen LogP contribution in [0.1, 0.15) is 44.0 Å². The topological polar surface area (TPSA) is 96.2 Å². The minimum Gasteiger partial charge on any atom is -0.486 e. The van der Waals surface area contributed by atoms with Crippen molar-refractivity contribution in [1.29, 1.82) is 0 Å². The number of anilines is 1. The molecular weight excluding hydrogens is 422 g/mol. The first-order valence-electron chi connectivity index (χ1n) is 9.66. The van der Waals surface area contributed by atoms with Crippen molar-refractivity contribution in [3.05, 3.63) is 57.9 Å². The molecule has 1 aliphatic rings. The summed E-state index contributed by atoms with van der Waals surface area (Å²) in [6.07, 6.45) is 0. The maximum Gasteiger partial charge on any atom is 0.341 e. The first-order valence-corrected chi connectivity index (χ1v) is 10.5. The average molecular weight is 443 g/mol. The maximum absolute atomic E-state index is 12.7. The van der Waals surface area contributed by atoms with Gasteiger partial charge in [-0.1, -0.05) is 0 Å². The highest BCUT2D eigenvalue weighted by molar-refractivity contribution is 7.16. The summed E-state index contributed by atoms with van der Waals surface area (Å²) in [6, 6.07) is 8.49. The van der Waals surface area contributed by atoms with Crippen LogP contribution in [-0.4, -0.2) is 25.3 Å². The van der Waals surface area contributed by atoms with E-state index in [4.69, 9.17) is 23.4 Å². The molecule has 0 bridgehead atoms. The Balaban J connectivity index is 1.42. The van der Waals surface area contributed by atoms with Gasteiger partial charge in [0.25, 0.3) is 5.91 Å². The third kappa shape index (κ3) is 4.36. The van der Waals surface area contributed by atoms with E-state index in [1.807, 2.05) is 13.8 Å². The number of hydrogen-bond donors (Lipinski definition) is 1. The lowest BCUT2D eigenvalue weighted by Crippen LogP contribution is -2.14. The van der Waals surface area contributed by atoms with E-state index in [2.05, 4.69) is 5.32 Å². The Bertz CT molecular complexity index is 1130. The Labute approximate surface area is 182 Å². The summed E-state index contributed by atoms with van der Waals surface area (Å²) < 4.78 is 27.0. The molecule has 9 heteroatoms. The van der Waals surface area contributed by atoms with Gasteiger partial charge < -0.3 is 28.7 Å². The van der Waals surface area contributed by atoms with Gasteiger partial charge in [-0.3, -0.25) is 4.79 Å². The summed E-state index contributed by atoms with van der Waals surface area (Å²) in [5, 5.41) is 3.19. The summed E-state index contributed by atoms with van der Waals surface area (Å²) in [6.45, 7) is 6.03.